The van der Waals surface area contributed by atoms with Gasteiger partial charge >= 0.3 is 12.0 Å². The van der Waals surface area contributed by atoms with Crippen LogP contribution in [0.5, 0.6) is 0 Å². The van der Waals surface area contributed by atoms with Gasteiger partial charge in [-0.25, -0.2) is 9.59 Å². The van der Waals surface area contributed by atoms with Crippen molar-refractivity contribution in [3.8, 4) is 0 Å². The molecule has 1 fully saturated rings. The Labute approximate surface area is 120 Å². The van der Waals surface area contributed by atoms with Crippen LogP contribution in [0.2, 0.25) is 0 Å². The van der Waals surface area contributed by atoms with E-state index in [1.165, 1.54) is 0 Å². The molecule has 0 radical (unpaired) electrons. The second-order valence-corrected chi connectivity index (χ2v) is 5.77. The van der Waals surface area contributed by atoms with Crippen LogP contribution in [0, 0.1) is 0 Å². The highest BCUT2D eigenvalue weighted by atomic mass is 16.4. The fourth-order valence-corrected chi connectivity index (χ4v) is 3.35. The molecule has 5 heteroatoms. The quantitative estimate of drug-likeness (QED) is 0.777. The predicted molar refractivity (Wildman–Crippen MR) is 76.5 cm³/mol. The maximum absolute atomic E-state index is 12.4. The van der Waals surface area contributed by atoms with Crippen LogP contribution < -0.4 is 5.32 Å². The van der Waals surface area contributed by atoms with Crippen LogP contribution in [-0.4, -0.2) is 40.1 Å². The van der Waals surface area contributed by atoms with Crippen molar-refractivity contribution in [1.29, 1.82) is 0 Å². The Morgan fingerprint density at radius 3 is 2.85 bits per heavy atom. The number of rotatable bonds is 4. The molecule has 0 aromatic heterocycles. The van der Waals surface area contributed by atoms with Gasteiger partial charge in [-0.2, -0.15) is 0 Å². The van der Waals surface area contributed by atoms with E-state index in [2.05, 4.69) is 17.5 Å². The van der Waals surface area contributed by atoms with E-state index < -0.39 is 11.5 Å². The molecule has 5 nitrogen and oxygen atoms in total. The van der Waals surface area contributed by atoms with Crippen LogP contribution in [-0.2, 0) is 4.79 Å². The minimum atomic E-state index is -0.997. The molecule has 0 saturated carbocycles. The molecule has 1 aliphatic carbocycles. The van der Waals surface area contributed by atoms with Gasteiger partial charge in [0.05, 0.1) is 0 Å². The highest BCUT2D eigenvalue weighted by Gasteiger charge is 2.49. The first kappa shape index (κ1) is 14.9. The largest absolute Gasteiger partial charge is 0.479 e. The predicted octanol–water partition coefficient (Wildman–Crippen LogP) is 2.52. The molecule has 1 aliphatic heterocycles. The Hall–Kier alpha value is -1.52. The number of likely N-dealkylation sites (tertiary alicyclic amines) is 1. The molecule has 20 heavy (non-hydrogen) atoms. The summed E-state index contributed by atoms with van der Waals surface area (Å²) in [6.07, 6.45) is 9.58. The molecule has 0 aromatic carbocycles. The summed E-state index contributed by atoms with van der Waals surface area (Å²) in [6, 6.07) is -0.0696. The molecule has 2 N–H and O–H groups in total. The molecule has 2 atom stereocenters. The number of nitrogens with zero attached hydrogens (tertiary/aromatic N) is 1. The molecule has 0 spiro atoms. The third-order valence-electron chi connectivity index (χ3n) is 4.39. The molecule has 112 valence electrons. The molecule has 2 unspecified atom stereocenters. The Bertz CT molecular complexity index is 408. The Balaban J connectivity index is 2.06. The molecule has 0 aromatic rings. The number of hydrogen-bond donors (Lipinski definition) is 2. The zero-order valence-corrected chi connectivity index (χ0v) is 12.1. The van der Waals surface area contributed by atoms with E-state index >= 15 is 0 Å². The lowest BCUT2D eigenvalue weighted by Crippen LogP contribution is -2.57. The lowest BCUT2D eigenvalue weighted by molar-refractivity contribution is -0.148. The smallest absolute Gasteiger partial charge is 0.329 e. The lowest BCUT2D eigenvalue weighted by Gasteiger charge is -2.35. The standard InChI is InChI=1S/C15H24N2O3/c1-2-9-15(13(18)19)10-6-11-17(15)14(20)16-12-7-4-3-5-8-12/h3-4,12H,2,5-11H2,1H3,(H,16,20)(H,18,19). The third kappa shape index (κ3) is 2.81. The summed E-state index contributed by atoms with van der Waals surface area (Å²) < 4.78 is 0. The average molecular weight is 280 g/mol. The minimum Gasteiger partial charge on any atom is -0.479 e. The summed E-state index contributed by atoms with van der Waals surface area (Å²) in [4.78, 5) is 25.7. The summed E-state index contributed by atoms with van der Waals surface area (Å²) in [7, 11) is 0. The second-order valence-electron chi connectivity index (χ2n) is 5.77. The lowest BCUT2D eigenvalue weighted by atomic mass is 9.91. The van der Waals surface area contributed by atoms with Gasteiger partial charge in [-0.15, -0.1) is 0 Å². The molecule has 1 heterocycles. The zero-order valence-electron chi connectivity index (χ0n) is 12.1. The van der Waals surface area contributed by atoms with Crippen molar-refractivity contribution in [2.45, 2.75) is 63.5 Å². The van der Waals surface area contributed by atoms with E-state index in [9.17, 15) is 14.7 Å². The first-order chi connectivity index (χ1) is 9.60. The number of allylic oxidation sites excluding steroid dienone is 1. The molecule has 2 aliphatic rings. The van der Waals surface area contributed by atoms with Crippen LogP contribution >= 0.6 is 0 Å². The minimum absolute atomic E-state index is 0.140. The molecular formula is C15H24N2O3. The maximum atomic E-state index is 12.4. The monoisotopic (exact) mass is 280 g/mol. The van der Waals surface area contributed by atoms with Crippen LogP contribution in [0.3, 0.4) is 0 Å². The Kier molecular flexibility index (Phi) is 4.68. The van der Waals surface area contributed by atoms with Crippen LogP contribution in [0.25, 0.3) is 0 Å². The van der Waals surface area contributed by atoms with Gasteiger partial charge in [-0.1, -0.05) is 25.5 Å². The van der Waals surface area contributed by atoms with Crippen molar-refractivity contribution in [3.63, 3.8) is 0 Å². The van der Waals surface area contributed by atoms with Gasteiger partial charge in [-0.05, 0) is 38.5 Å². The first-order valence-electron chi connectivity index (χ1n) is 7.56. The number of aliphatic carboxylic acids is 1. The first-order valence-corrected chi connectivity index (χ1v) is 7.56. The summed E-state index contributed by atoms with van der Waals surface area (Å²) >= 11 is 0. The molecule has 2 rings (SSSR count). The third-order valence-corrected chi connectivity index (χ3v) is 4.39. The molecule has 1 saturated heterocycles. The number of urea groups is 1. The van der Waals surface area contributed by atoms with Gasteiger partial charge in [0.1, 0.15) is 5.54 Å². The Morgan fingerprint density at radius 1 is 1.45 bits per heavy atom. The van der Waals surface area contributed by atoms with E-state index in [0.29, 0.717) is 19.4 Å². The van der Waals surface area contributed by atoms with E-state index in [1.807, 2.05) is 6.92 Å². The van der Waals surface area contributed by atoms with Crippen molar-refractivity contribution >= 4 is 12.0 Å². The van der Waals surface area contributed by atoms with Crippen molar-refractivity contribution in [3.05, 3.63) is 12.2 Å². The summed E-state index contributed by atoms with van der Waals surface area (Å²) in [6.45, 7) is 2.51. The van der Waals surface area contributed by atoms with Gasteiger partial charge in [0.15, 0.2) is 0 Å². The van der Waals surface area contributed by atoms with Crippen LogP contribution in [0.1, 0.15) is 51.9 Å². The van der Waals surface area contributed by atoms with Gasteiger partial charge < -0.3 is 15.3 Å². The number of carbonyl (C=O) groups is 2. The van der Waals surface area contributed by atoms with Crippen molar-refractivity contribution in [2.24, 2.45) is 0 Å². The van der Waals surface area contributed by atoms with E-state index in [1.54, 1.807) is 4.90 Å². The van der Waals surface area contributed by atoms with Crippen molar-refractivity contribution in [1.82, 2.24) is 10.2 Å². The van der Waals surface area contributed by atoms with E-state index in [-0.39, 0.29) is 12.1 Å². The summed E-state index contributed by atoms with van der Waals surface area (Å²) in [5.74, 6) is -0.865. The van der Waals surface area contributed by atoms with E-state index in [0.717, 1.165) is 32.1 Å². The van der Waals surface area contributed by atoms with Gasteiger partial charge in [0.25, 0.3) is 0 Å². The maximum Gasteiger partial charge on any atom is 0.329 e. The Morgan fingerprint density at radius 2 is 2.25 bits per heavy atom. The molecule has 2 amide bonds. The number of carboxylic acids is 1. The summed E-state index contributed by atoms with van der Waals surface area (Å²) in [5.41, 5.74) is -0.997. The highest BCUT2D eigenvalue weighted by Crippen LogP contribution is 2.34. The zero-order chi connectivity index (χ0) is 14.6. The number of amides is 2. The molecule has 0 bridgehead atoms. The highest BCUT2D eigenvalue weighted by molar-refractivity contribution is 5.87. The van der Waals surface area contributed by atoms with Gasteiger partial charge in [0, 0.05) is 12.6 Å². The SMILES string of the molecule is CCCC1(C(=O)O)CCCN1C(=O)NC1CC=CCC1. The fraction of sp³-hybridized carbons (Fsp3) is 0.733. The fourth-order valence-electron chi connectivity index (χ4n) is 3.35. The van der Waals surface area contributed by atoms with Crippen molar-refractivity contribution in [2.75, 3.05) is 6.54 Å². The second kappa shape index (κ2) is 6.29. The van der Waals surface area contributed by atoms with Gasteiger partial charge in [0.2, 0.25) is 0 Å². The average Bonchev–Trinajstić information content (AvgIpc) is 2.85. The van der Waals surface area contributed by atoms with E-state index in [4.69, 9.17) is 0 Å². The summed E-state index contributed by atoms with van der Waals surface area (Å²) in [5, 5.41) is 12.6. The van der Waals surface area contributed by atoms with Crippen molar-refractivity contribution < 1.29 is 14.7 Å². The number of carbonyl (C=O) groups excluding carboxylic acids is 1. The van der Waals surface area contributed by atoms with Crippen LogP contribution in [0.15, 0.2) is 12.2 Å². The number of nitrogens with one attached hydrogen (secondary N) is 1. The van der Waals surface area contributed by atoms with Gasteiger partial charge in [-0.3, -0.25) is 0 Å². The number of carboxylic acid groups (broad SMARTS) is 1. The van der Waals surface area contributed by atoms with Crippen LogP contribution in [0.4, 0.5) is 4.79 Å². The normalized spacial score (nSPS) is 29.4. The topological polar surface area (TPSA) is 69.6 Å². The molecular weight excluding hydrogens is 256 g/mol. The number of hydrogen-bond acceptors (Lipinski definition) is 2.